The zero-order chi connectivity index (χ0) is 13.6. The number of likely N-dealkylation sites (tertiary alicyclic amines) is 1. The van der Waals surface area contributed by atoms with Gasteiger partial charge in [-0.3, -0.25) is 14.9 Å². The zero-order valence-corrected chi connectivity index (χ0v) is 10.3. The van der Waals surface area contributed by atoms with Crippen LogP contribution in [0.3, 0.4) is 0 Å². The van der Waals surface area contributed by atoms with Gasteiger partial charge in [0.05, 0.1) is 17.1 Å². The first-order chi connectivity index (χ1) is 9.08. The number of amides is 1. The highest BCUT2D eigenvalue weighted by molar-refractivity contribution is 5.79. The molecule has 0 aromatic heterocycles. The van der Waals surface area contributed by atoms with Crippen LogP contribution in [0.4, 0.5) is 5.69 Å². The van der Waals surface area contributed by atoms with Gasteiger partial charge in [-0.15, -0.1) is 0 Å². The lowest BCUT2D eigenvalue weighted by Gasteiger charge is -2.27. The molecule has 1 aliphatic heterocycles. The number of hydrogen-bond acceptors (Lipinski definition) is 4. The summed E-state index contributed by atoms with van der Waals surface area (Å²) in [5.41, 5.74) is 1.62. The first kappa shape index (κ1) is 12.1. The first-order valence-electron chi connectivity index (χ1n) is 6.32. The number of nitrogens with zero attached hydrogens (tertiary/aromatic N) is 2. The van der Waals surface area contributed by atoms with Gasteiger partial charge < -0.3 is 10.0 Å². The molecule has 1 saturated heterocycles. The van der Waals surface area contributed by atoms with Crippen LogP contribution < -0.4 is 0 Å². The molecule has 1 aromatic carbocycles. The minimum absolute atomic E-state index is 0.00416. The summed E-state index contributed by atoms with van der Waals surface area (Å²) in [6.07, 6.45) is 1.06. The van der Waals surface area contributed by atoms with Crippen molar-refractivity contribution in [3.05, 3.63) is 39.4 Å². The van der Waals surface area contributed by atoms with Crippen LogP contribution in [0.15, 0.2) is 18.2 Å². The molecule has 6 nitrogen and oxygen atoms in total. The number of fused-ring (bicyclic) bond motifs is 1. The quantitative estimate of drug-likeness (QED) is 0.640. The van der Waals surface area contributed by atoms with Crippen LogP contribution in [0.25, 0.3) is 0 Å². The van der Waals surface area contributed by atoms with Crippen molar-refractivity contribution in [3.8, 4) is 0 Å². The Bertz CT molecular complexity index is 558. The van der Waals surface area contributed by atoms with Crippen LogP contribution in [0.5, 0.6) is 0 Å². The second-order valence-electron chi connectivity index (χ2n) is 5.05. The van der Waals surface area contributed by atoms with Gasteiger partial charge in [0, 0.05) is 31.5 Å². The Morgan fingerprint density at radius 1 is 1.42 bits per heavy atom. The fraction of sp³-hybridized carbons (Fsp3) is 0.462. The number of nitro groups is 1. The van der Waals surface area contributed by atoms with Crippen molar-refractivity contribution >= 4 is 11.6 Å². The molecule has 0 spiro atoms. The third-order valence-corrected chi connectivity index (χ3v) is 3.90. The van der Waals surface area contributed by atoms with Crippen molar-refractivity contribution in [2.24, 2.45) is 0 Å². The molecule has 1 aliphatic carbocycles. The minimum Gasteiger partial charge on any atom is -0.390 e. The Morgan fingerprint density at radius 2 is 2.21 bits per heavy atom. The lowest BCUT2D eigenvalue weighted by molar-refractivity contribution is -0.385. The molecule has 2 aliphatic rings. The van der Waals surface area contributed by atoms with Gasteiger partial charge in [-0.25, -0.2) is 0 Å². The molecule has 0 radical (unpaired) electrons. The number of nitro benzene ring substituents is 1. The number of aliphatic hydroxyl groups excluding tert-OH is 1. The highest BCUT2D eigenvalue weighted by Crippen LogP contribution is 2.39. The molecule has 100 valence electrons. The molecule has 3 rings (SSSR count). The van der Waals surface area contributed by atoms with Crippen LogP contribution in [-0.2, 0) is 11.2 Å². The van der Waals surface area contributed by atoms with E-state index in [4.69, 9.17) is 0 Å². The molecular weight excluding hydrogens is 248 g/mol. The molecule has 1 amide bonds. The third kappa shape index (κ3) is 1.88. The van der Waals surface area contributed by atoms with Crippen molar-refractivity contribution in [2.75, 3.05) is 6.54 Å². The predicted octanol–water partition coefficient (Wildman–Crippen LogP) is 1.18. The van der Waals surface area contributed by atoms with E-state index in [0.717, 1.165) is 17.5 Å². The van der Waals surface area contributed by atoms with E-state index in [1.54, 1.807) is 11.0 Å². The molecular formula is C13H14N2O4. The maximum Gasteiger partial charge on any atom is 0.269 e. The Kier molecular flexibility index (Phi) is 2.74. The topological polar surface area (TPSA) is 83.7 Å². The fourth-order valence-corrected chi connectivity index (χ4v) is 3.04. The van der Waals surface area contributed by atoms with Gasteiger partial charge in [0.2, 0.25) is 5.91 Å². The highest BCUT2D eigenvalue weighted by atomic mass is 16.6. The number of benzene rings is 1. The summed E-state index contributed by atoms with van der Waals surface area (Å²) in [6.45, 7) is 0.614. The number of carbonyl (C=O) groups is 1. The van der Waals surface area contributed by atoms with E-state index in [9.17, 15) is 20.0 Å². The number of carbonyl (C=O) groups excluding carboxylic acids is 1. The van der Waals surface area contributed by atoms with E-state index in [0.29, 0.717) is 19.4 Å². The van der Waals surface area contributed by atoms with Gasteiger partial charge in [0.15, 0.2) is 0 Å². The fourth-order valence-electron chi connectivity index (χ4n) is 3.04. The Hall–Kier alpha value is -1.95. The van der Waals surface area contributed by atoms with Crippen molar-refractivity contribution in [3.63, 3.8) is 0 Å². The smallest absolute Gasteiger partial charge is 0.269 e. The molecule has 6 heteroatoms. The summed E-state index contributed by atoms with van der Waals surface area (Å²) in [5, 5.41) is 21.0. The van der Waals surface area contributed by atoms with Crippen LogP contribution >= 0.6 is 0 Å². The van der Waals surface area contributed by atoms with Gasteiger partial charge in [-0.05, 0) is 17.5 Å². The summed E-state index contributed by atoms with van der Waals surface area (Å²) >= 11 is 0. The van der Waals surface area contributed by atoms with Gasteiger partial charge in [0.25, 0.3) is 5.69 Å². The number of aliphatic hydroxyl groups is 1. The van der Waals surface area contributed by atoms with Crippen LogP contribution in [0.2, 0.25) is 0 Å². The highest BCUT2D eigenvalue weighted by Gasteiger charge is 2.40. The summed E-state index contributed by atoms with van der Waals surface area (Å²) in [4.78, 5) is 23.9. The minimum atomic E-state index is -0.668. The lowest BCUT2D eigenvalue weighted by Crippen LogP contribution is -2.35. The van der Waals surface area contributed by atoms with Crippen LogP contribution in [0.1, 0.15) is 30.0 Å². The van der Waals surface area contributed by atoms with Crippen molar-refractivity contribution in [2.45, 2.75) is 31.4 Å². The second-order valence-corrected chi connectivity index (χ2v) is 5.05. The maximum atomic E-state index is 11.8. The van der Waals surface area contributed by atoms with Gasteiger partial charge in [-0.1, -0.05) is 6.07 Å². The largest absolute Gasteiger partial charge is 0.390 e. The number of non-ortho nitro benzene ring substituents is 1. The standard InChI is InChI=1S/C13H14N2O4/c16-11-6-8-3-4-9(15(18)19)7-10(8)13(11)14-5-1-2-12(14)17/h3-4,7,11,13,16H,1-2,5-6H2. The Balaban J connectivity index is 2.02. The molecule has 1 aromatic rings. The average molecular weight is 262 g/mol. The SMILES string of the molecule is O=C1CCCN1C1c2cc([N+](=O)[O-])ccc2CC1O. The molecule has 2 atom stereocenters. The number of rotatable bonds is 2. The molecule has 1 fully saturated rings. The van der Waals surface area contributed by atoms with Gasteiger partial charge >= 0.3 is 0 Å². The van der Waals surface area contributed by atoms with Crippen molar-refractivity contribution in [1.82, 2.24) is 4.90 Å². The van der Waals surface area contributed by atoms with Gasteiger partial charge in [0.1, 0.15) is 0 Å². The third-order valence-electron chi connectivity index (χ3n) is 3.90. The van der Waals surface area contributed by atoms with Crippen molar-refractivity contribution in [1.29, 1.82) is 0 Å². The second kappa shape index (κ2) is 4.31. The van der Waals surface area contributed by atoms with E-state index in [-0.39, 0.29) is 11.6 Å². The zero-order valence-electron chi connectivity index (χ0n) is 10.3. The molecule has 1 N–H and O–H groups in total. The summed E-state index contributed by atoms with van der Waals surface area (Å²) < 4.78 is 0. The summed E-state index contributed by atoms with van der Waals surface area (Å²) in [7, 11) is 0. The molecule has 0 bridgehead atoms. The molecule has 19 heavy (non-hydrogen) atoms. The Morgan fingerprint density at radius 3 is 2.84 bits per heavy atom. The van der Waals surface area contributed by atoms with Crippen LogP contribution in [-0.4, -0.2) is 33.5 Å². The first-order valence-corrected chi connectivity index (χ1v) is 6.32. The lowest BCUT2D eigenvalue weighted by atomic mass is 10.1. The monoisotopic (exact) mass is 262 g/mol. The van der Waals surface area contributed by atoms with E-state index in [1.807, 2.05) is 0 Å². The predicted molar refractivity (Wildman–Crippen MR) is 66.5 cm³/mol. The van der Waals surface area contributed by atoms with E-state index in [1.165, 1.54) is 12.1 Å². The Labute approximate surface area is 109 Å². The summed E-state index contributed by atoms with van der Waals surface area (Å²) in [5.74, 6) is 0.0170. The molecule has 0 saturated carbocycles. The van der Waals surface area contributed by atoms with Crippen molar-refractivity contribution < 1.29 is 14.8 Å². The summed E-state index contributed by atoms with van der Waals surface area (Å²) in [6, 6.07) is 4.18. The maximum absolute atomic E-state index is 11.8. The van der Waals surface area contributed by atoms with Gasteiger partial charge in [-0.2, -0.15) is 0 Å². The van der Waals surface area contributed by atoms with E-state index in [2.05, 4.69) is 0 Å². The average Bonchev–Trinajstić information content (AvgIpc) is 2.90. The molecule has 2 unspecified atom stereocenters. The molecule has 1 heterocycles. The normalized spacial score (nSPS) is 25.7. The van der Waals surface area contributed by atoms with Crippen LogP contribution in [0, 0.1) is 10.1 Å². The van der Waals surface area contributed by atoms with E-state index < -0.39 is 17.1 Å². The number of hydrogen-bond donors (Lipinski definition) is 1. The van der Waals surface area contributed by atoms with E-state index >= 15 is 0 Å².